The summed E-state index contributed by atoms with van der Waals surface area (Å²) in [6, 6.07) is 24.5. The first-order valence-corrected chi connectivity index (χ1v) is 13.0. The minimum atomic E-state index is -0.519. The Morgan fingerprint density at radius 3 is 2.34 bits per heavy atom. The van der Waals surface area contributed by atoms with E-state index in [0.717, 1.165) is 20.8 Å². The number of ether oxygens (including phenoxy) is 3. The number of aromatic nitrogens is 1. The van der Waals surface area contributed by atoms with Crippen LogP contribution in [0.3, 0.4) is 0 Å². The van der Waals surface area contributed by atoms with Crippen molar-refractivity contribution >= 4 is 50.1 Å². The van der Waals surface area contributed by atoms with Gasteiger partial charge in [0.15, 0.2) is 0 Å². The number of carbonyl (C=O) groups excluding carboxylic acids is 2. The van der Waals surface area contributed by atoms with Gasteiger partial charge in [-0.05, 0) is 63.6 Å². The van der Waals surface area contributed by atoms with Gasteiger partial charge in [0.1, 0.15) is 12.3 Å². The first-order chi connectivity index (χ1) is 18.6. The third kappa shape index (κ3) is 8.11. The molecule has 8 nitrogen and oxygen atoms in total. The van der Waals surface area contributed by atoms with Crippen LogP contribution in [0.15, 0.2) is 89.5 Å². The molecule has 0 aliphatic heterocycles. The van der Waals surface area contributed by atoms with Crippen LogP contribution in [0.25, 0.3) is 10.8 Å². The second-order valence-electron chi connectivity index (χ2n) is 8.25. The molecule has 3 aromatic carbocycles. The van der Waals surface area contributed by atoms with Gasteiger partial charge in [-0.15, -0.1) is 0 Å². The van der Waals surface area contributed by atoms with Gasteiger partial charge < -0.3 is 19.5 Å². The first kappa shape index (κ1) is 27.3. The standard InChI is InChI=1S/C29H28BrN3O5/c30-24-20-21(11-12-26(24)32-28(34)27-9-3-4-14-31-27)13-15-36-16-17-37-18-19-38-29(35)33-25-10-5-7-22-6-1-2-8-23(22)25/h1-12,14,20H,13,15-19H2,(H,32,34)(H,33,35). The van der Waals surface area contributed by atoms with Crippen LogP contribution in [0.1, 0.15) is 16.1 Å². The Hall–Kier alpha value is -3.79. The summed E-state index contributed by atoms with van der Waals surface area (Å²) in [5.41, 5.74) is 2.80. The SMILES string of the molecule is O=C(Nc1cccc2ccccc12)OCCOCCOCCc1ccc(NC(=O)c2ccccn2)c(Br)c1. The van der Waals surface area contributed by atoms with Crippen LogP contribution in [0, 0.1) is 0 Å². The van der Waals surface area contributed by atoms with E-state index in [4.69, 9.17) is 14.2 Å². The maximum Gasteiger partial charge on any atom is 0.411 e. The molecule has 0 aliphatic rings. The van der Waals surface area contributed by atoms with E-state index in [0.29, 0.717) is 43.3 Å². The predicted octanol–water partition coefficient (Wildman–Crippen LogP) is 6.07. The Bertz CT molecular complexity index is 1360. The van der Waals surface area contributed by atoms with Gasteiger partial charge in [0, 0.05) is 16.1 Å². The molecule has 1 aromatic heterocycles. The molecule has 0 aliphatic carbocycles. The summed E-state index contributed by atoms with van der Waals surface area (Å²) >= 11 is 3.51. The van der Waals surface area contributed by atoms with Crippen molar-refractivity contribution in [1.29, 1.82) is 0 Å². The van der Waals surface area contributed by atoms with Crippen LogP contribution < -0.4 is 10.6 Å². The van der Waals surface area contributed by atoms with Crippen molar-refractivity contribution in [1.82, 2.24) is 4.98 Å². The van der Waals surface area contributed by atoms with E-state index >= 15 is 0 Å². The lowest BCUT2D eigenvalue weighted by Gasteiger charge is -2.10. The maximum absolute atomic E-state index is 12.3. The number of hydrogen-bond acceptors (Lipinski definition) is 6. The van der Waals surface area contributed by atoms with Crippen molar-refractivity contribution in [3.8, 4) is 0 Å². The fourth-order valence-electron chi connectivity index (χ4n) is 3.68. The number of amides is 2. The van der Waals surface area contributed by atoms with Crippen molar-refractivity contribution in [2.24, 2.45) is 0 Å². The Labute approximate surface area is 229 Å². The van der Waals surface area contributed by atoms with Crippen molar-refractivity contribution in [2.75, 3.05) is 43.7 Å². The third-order valence-electron chi connectivity index (χ3n) is 5.57. The molecule has 0 saturated heterocycles. The molecule has 0 radical (unpaired) electrons. The highest BCUT2D eigenvalue weighted by Gasteiger charge is 2.10. The third-order valence-corrected chi connectivity index (χ3v) is 6.23. The zero-order valence-electron chi connectivity index (χ0n) is 20.7. The van der Waals surface area contributed by atoms with Gasteiger partial charge in [-0.25, -0.2) is 4.79 Å². The van der Waals surface area contributed by atoms with Gasteiger partial charge in [0.25, 0.3) is 5.91 Å². The molecule has 0 unspecified atom stereocenters. The Kier molecular flexibility index (Phi) is 10.2. The average Bonchev–Trinajstić information content (AvgIpc) is 2.94. The number of anilines is 2. The van der Waals surface area contributed by atoms with E-state index in [9.17, 15) is 9.59 Å². The molecule has 0 bridgehead atoms. The van der Waals surface area contributed by atoms with Crippen molar-refractivity contribution in [2.45, 2.75) is 6.42 Å². The molecule has 2 amide bonds. The van der Waals surface area contributed by atoms with Gasteiger partial charge in [0.2, 0.25) is 0 Å². The van der Waals surface area contributed by atoms with E-state index in [1.165, 1.54) is 0 Å². The van der Waals surface area contributed by atoms with Gasteiger partial charge in [-0.3, -0.25) is 15.1 Å². The largest absolute Gasteiger partial charge is 0.447 e. The van der Waals surface area contributed by atoms with Gasteiger partial charge in [-0.2, -0.15) is 0 Å². The van der Waals surface area contributed by atoms with Gasteiger partial charge in [0.05, 0.1) is 37.8 Å². The van der Waals surface area contributed by atoms with Crippen molar-refractivity contribution in [3.63, 3.8) is 0 Å². The second kappa shape index (κ2) is 14.2. The topological polar surface area (TPSA) is 98.8 Å². The number of rotatable bonds is 12. The number of pyridine rings is 1. The normalized spacial score (nSPS) is 10.8. The molecule has 196 valence electrons. The molecule has 2 N–H and O–H groups in total. The molecule has 0 saturated carbocycles. The minimum absolute atomic E-state index is 0.147. The van der Waals surface area contributed by atoms with Crippen LogP contribution in [0.4, 0.5) is 16.2 Å². The molecular weight excluding hydrogens is 550 g/mol. The lowest BCUT2D eigenvalue weighted by Crippen LogP contribution is -2.17. The quantitative estimate of drug-likeness (QED) is 0.198. The van der Waals surface area contributed by atoms with Crippen LogP contribution in [0.5, 0.6) is 0 Å². The highest BCUT2D eigenvalue weighted by Crippen LogP contribution is 2.25. The lowest BCUT2D eigenvalue weighted by molar-refractivity contribution is 0.0307. The smallest absolute Gasteiger partial charge is 0.411 e. The summed E-state index contributed by atoms with van der Waals surface area (Å²) < 4.78 is 17.1. The molecule has 9 heteroatoms. The number of hydrogen-bond donors (Lipinski definition) is 2. The number of nitrogens with one attached hydrogen (secondary N) is 2. The lowest BCUT2D eigenvalue weighted by atomic mass is 10.1. The summed E-state index contributed by atoms with van der Waals surface area (Å²) in [4.78, 5) is 28.4. The molecule has 4 rings (SSSR count). The van der Waals surface area contributed by atoms with Crippen LogP contribution >= 0.6 is 15.9 Å². The van der Waals surface area contributed by atoms with E-state index in [1.54, 1.807) is 24.4 Å². The van der Waals surface area contributed by atoms with Crippen molar-refractivity contribution < 1.29 is 23.8 Å². The fraction of sp³-hybridized carbons (Fsp3) is 0.207. The van der Waals surface area contributed by atoms with Gasteiger partial charge >= 0.3 is 6.09 Å². The van der Waals surface area contributed by atoms with E-state index in [2.05, 4.69) is 31.5 Å². The summed E-state index contributed by atoms with van der Waals surface area (Å²) in [6.07, 6.45) is 1.78. The molecule has 38 heavy (non-hydrogen) atoms. The maximum atomic E-state index is 12.3. The van der Waals surface area contributed by atoms with E-state index < -0.39 is 6.09 Å². The zero-order chi connectivity index (χ0) is 26.6. The Morgan fingerprint density at radius 2 is 1.53 bits per heavy atom. The highest BCUT2D eigenvalue weighted by molar-refractivity contribution is 9.10. The minimum Gasteiger partial charge on any atom is -0.447 e. The first-order valence-electron chi connectivity index (χ1n) is 12.2. The molecule has 4 aromatic rings. The average molecular weight is 578 g/mol. The van der Waals surface area contributed by atoms with Crippen LogP contribution in [0.2, 0.25) is 0 Å². The van der Waals surface area contributed by atoms with E-state index in [-0.39, 0.29) is 19.1 Å². The molecule has 0 atom stereocenters. The number of nitrogens with zero attached hydrogens (tertiary/aromatic N) is 1. The van der Waals surface area contributed by atoms with Crippen molar-refractivity contribution in [3.05, 3.63) is 101 Å². The fourth-order valence-corrected chi connectivity index (χ4v) is 4.21. The molecule has 0 spiro atoms. The monoisotopic (exact) mass is 577 g/mol. The van der Waals surface area contributed by atoms with Crippen LogP contribution in [-0.2, 0) is 20.6 Å². The van der Waals surface area contributed by atoms with Gasteiger partial charge in [-0.1, -0.05) is 48.5 Å². The number of benzene rings is 3. The zero-order valence-corrected chi connectivity index (χ0v) is 22.3. The molecular formula is C29H28BrN3O5. The number of carbonyl (C=O) groups is 2. The summed E-state index contributed by atoms with van der Waals surface area (Å²) in [7, 11) is 0. The van der Waals surface area contributed by atoms with E-state index in [1.807, 2.05) is 60.7 Å². The second-order valence-corrected chi connectivity index (χ2v) is 9.10. The highest BCUT2D eigenvalue weighted by atomic mass is 79.9. The summed E-state index contributed by atoms with van der Waals surface area (Å²) in [5, 5.41) is 7.62. The summed E-state index contributed by atoms with van der Waals surface area (Å²) in [5.74, 6) is -0.266. The Balaban J connectivity index is 1.06. The molecule has 1 heterocycles. The van der Waals surface area contributed by atoms with Crippen LogP contribution in [-0.4, -0.2) is 50.0 Å². The Morgan fingerprint density at radius 1 is 0.763 bits per heavy atom. The number of halogens is 1. The molecule has 0 fully saturated rings. The predicted molar refractivity (Wildman–Crippen MR) is 151 cm³/mol. The number of fused-ring (bicyclic) bond motifs is 1. The summed E-state index contributed by atoms with van der Waals surface area (Å²) in [6.45, 7) is 1.79.